The van der Waals surface area contributed by atoms with Crippen LogP contribution in [0.1, 0.15) is 168 Å². The van der Waals surface area contributed by atoms with Gasteiger partial charge < -0.3 is 40.3 Å². The van der Waals surface area contributed by atoms with Crippen LogP contribution in [0.4, 0.5) is 0 Å². The van der Waals surface area contributed by atoms with E-state index in [4.69, 9.17) is 14.0 Å². The van der Waals surface area contributed by atoms with Crippen LogP contribution in [0, 0.1) is 0 Å². The van der Waals surface area contributed by atoms with Crippen molar-refractivity contribution in [2.24, 2.45) is 0 Å². The molecule has 0 bridgehead atoms. The molecule has 8 unspecified atom stereocenters. The van der Waals surface area contributed by atoms with Crippen LogP contribution in [-0.2, 0) is 28.9 Å². The number of carbonyl (C=O) groups excluding carboxylic acids is 1. The molecule has 7 N–H and O–H groups in total. The molecule has 1 fully saturated rings. The number of aliphatic hydroxyl groups excluding tert-OH is 5. The summed E-state index contributed by atoms with van der Waals surface area (Å²) in [6.45, 7) is 3.19. The first-order valence-corrected chi connectivity index (χ1v) is 22.0. The number of hydrogen-bond acceptors (Lipinski definition) is 11. The third-order valence-electron chi connectivity index (χ3n) is 9.93. The average molecular weight is 782 g/mol. The van der Waals surface area contributed by atoms with Gasteiger partial charge in [-0.1, -0.05) is 148 Å². The fourth-order valence-electron chi connectivity index (χ4n) is 6.56. The van der Waals surface area contributed by atoms with Gasteiger partial charge in [0.1, 0.15) is 30.5 Å². The van der Waals surface area contributed by atoms with Gasteiger partial charge in [-0.25, -0.2) is 4.18 Å². The molecule has 1 amide bonds. The van der Waals surface area contributed by atoms with Gasteiger partial charge >= 0.3 is 10.4 Å². The molecule has 1 saturated heterocycles. The van der Waals surface area contributed by atoms with Crippen molar-refractivity contribution in [2.75, 3.05) is 13.2 Å². The Kier molecular flexibility index (Phi) is 29.1. The van der Waals surface area contributed by atoms with Gasteiger partial charge in [-0.05, 0) is 32.1 Å². The number of rotatable bonds is 34. The predicted octanol–water partition coefficient (Wildman–Crippen LogP) is 5.80. The second kappa shape index (κ2) is 31.0. The minimum Gasteiger partial charge on any atom is -0.394 e. The summed E-state index contributed by atoms with van der Waals surface area (Å²) in [5.41, 5.74) is 0. The Balaban J connectivity index is 2.64. The topological polar surface area (TPSA) is 212 Å². The van der Waals surface area contributed by atoms with Crippen LogP contribution < -0.4 is 5.32 Å². The highest BCUT2D eigenvalue weighted by atomic mass is 32.3. The molecule has 13 nitrogen and oxygen atoms in total. The van der Waals surface area contributed by atoms with Crippen molar-refractivity contribution in [2.45, 2.75) is 217 Å². The van der Waals surface area contributed by atoms with Gasteiger partial charge in [0, 0.05) is 0 Å². The van der Waals surface area contributed by atoms with Crippen LogP contribution in [0.25, 0.3) is 0 Å². The largest absolute Gasteiger partial charge is 0.397 e. The van der Waals surface area contributed by atoms with E-state index in [0.717, 1.165) is 51.4 Å². The lowest BCUT2D eigenvalue weighted by Crippen LogP contribution is -2.61. The van der Waals surface area contributed by atoms with E-state index < -0.39 is 78.5 Å². The Morgan fingerprint density at radius 2 is 1.23 bits per heavy atom. The summed E-state index contributed by atoms with van der Waals surface area (Å²) in [7, 11) is -5.10. The standard InChI is InChI=1S/C39H75NO12S/c1-3-5-7-9-11-13-15-16-17-18-20-21-23-25-27-32(42)31(40-38(46)33(43)28-26-24-22-19-14-12-10-8-6-4-2)30-50-39-36(45)37(52-53(47,48)49)35(44)34(29-41)51-39/h10,12,31-37,39,41-45H,3-9,11,13-30H2,1-2H3,(H,40,46)(H,47,48,49)/b12-10-. The van der Waals surface area contributed by atoms with Crippen molar-refractivity contribution >= 4 is 16.3 Å². The molecule has 0 spiro atoms. The van der Waals surface area contributed by atoms with E-state index in [1.165, 1.54) is 77.0 Å². The van der Waals surface area contributed by atoms with Gasteiger partial charge in [0.15, 0.2) is 6.29 Å². The lowest BCUT2D eigenvalue weighted by Gasteiger charge is -2.41. The third-order valence-corrected chi connectivity index (χ3v) is 10.4. The second-order valence-corrected chi connectivity index (χ2v) is 15.8. The summed E-state index contributed by atoms with van der Waals surface area (Å²) < 4.78 is 47.4. The zero-order chi connectivity index (χ0) is 39.3. The van der Waals surface area contributed by atoms with Crippen molar-refractivity contribution in [1.29, 1.82) is 0 Å². The molecule has 0 saturated carbocycles. The average Bonchev–Trinajstić information content (AvgIpc) is 3.12. The van der Waals surface area contributed by atoms with E-state index in [-0.39, 0.29) is 6.42 Å². The van der Waals surface area contributed by atoms with Crippen molar-refractivity contribution < 1.29 is 57.0 Å². The SMILES string of the molecule is CCCC/C=C\CCCCCCC(O)C(=O)NC(COC1OC(CO)C(O)C(OS(=O)(=O)O)C1O)C(O)CCCCCCCCCCCCCCCC. The molecule has 0 radical (unpaired) electrons. The Bertz CT molecular complexity index is 1030. The Morgan fingerprint density at radius 1 is 0.736 bits per heavy atom. The fourth-order valence-corrected chi connectivity index (χ4v) is 7.07. The number of hydrogen-bond donors (Lipinski definition) is 7. The zero-order valence-electron chi connectivity index (χ0n) is 32.7. The van der Waals surface area contributed by atoms with Crippen LogP contribution in [0.5, 0.6) is 0 Å². The van der Waals surface area contributed by atoms with Crippen molar-refractivity contribution in [3.8, 4) is 0 Å². The lowest BCUT2D eigenvalue weighted by atomic mass is 9.99. The monoisotopic (exact) mass is 782 g/mol. The number of allylic oxidation sites excluding steroid dienone is 2. The molecule has 314 valence electrons. The Morgan fingerprint density at radius 3 is 1.75 bits per heavy atom. The van der Waals surface area contributed by atoms with Crippen molar-refractivity contribution in [3.05, 3.63) is 12.2 Å². The van der Waals surface area contributed by atoms with Crippen molar-refractivity contribution in [3.63, 3.8) is 0 Å². The maximum atomic E-state index is 13.0. The molecule has 1 aliphatic rings. The summed E-state index contributed by atoms with van der Waals surface area (Å²) in [6, 6.07) is -1.03. The van der Waals surface area contributed by atoms with E-state index in [1.807, 2.05) is 0 Å². The molecule has 0 aromatic heterocycles. The van der Waals surface area contributed by atoms with E-state index in [0.29, 0.717) is 19.3 Å². The van der Waals surface area contributed by atoms with Crippen LogP contribution in [0.2, 0.25) is 0 Å². The van der Waals surface area contributed by atoms with E-state index >= 15 is 0 Å². The molecular weight excluding hydrogens is 706 g/mol. The van der Waals surface area contributed by atoms with Gasteiger partial charge in [0.05, 0.1) is 25.4 Å². The number of ether oxygens (including phenoxy) is 2. The highest BCUT2D eigenvalue weighted by Crippen LogP contribution is 2.26. The molecule has 0 aliphatic carbocycles. The summed E-state index contributed by atoms with van der Waals surface area (Å²) in [6.07, 6.45) is 18.4. The summed E-state index contributed by atoms with van der Waals surface area (Å²) in [5.74, 6) is -0.682. The van der Waals surface area contributed by atoms with Gasteiger partial charge in [-0.2, -0.15) is 8.42 Å². The molecular formula is C39H75NO12S. The van der Waals surface area contributed by atoms with Crippen LogP contribution >= 0.6 is 0 Å². The van der Waals surface area contributed by atoms with Crippen LogP contribution in [-0.4, -0.2) is 107 Å². The molecule has 1 aliphatic heterocycles. The minimum atomic E-state index is -5.10. The van der Waals surface area contributed by atoms with Gasteiger partial charge in [-0.3, -0.25) is 9.35 Å². The molecule has 1 heterocycles. The van der Waals surface area contributed by atoms with E-state index in [9.17, 15) is 38.7 Å². The van der Waals surface area contributed by atoms with Crippen LogP contribution in [0.3, 0.4) is 0 Å². The quantitative estimate of drug-likeness (QED) is 0.0235. The summed E-state index contributed by atoms with van der Waals surface area (Å²) >= 11 is 0. The van der Waals surface area contributed by atoms with Crippen molar-refractivity contribution in [1.82, 2.24) is 5.32 Å². The summed E-state index contributed by atoms with van der Waals surface area (Å²) in [5, 5.41) is 55.1. The second-order valence-electron chi connectivity index (χ2n) is 14.7. The molecule has 8 atom stereocenters. The van der Waals surface area contributed by atoms with E-state index in [1.54, 1.807) is 0 Å². The van der Waals surface area contributed by atoms with Gasteiger partial charge in [-0.15, -0.1) is 0 Å². The Labute approximate surface area is 320 Å². The molecule has 53 heavy (non-hydrogen) atoms. The number of nitrogens with one attached hydrogen (secondary N) is 1. The summed E-state index contributed by atoms with van der Waals surface area (Å²) in [4.78, 5) is 13.0. The predicted molar refractivity (Wildman–Crippen MR) is 205 cm³/mol. The minimum absolute atomic E-state index is 0.246. The third kappa shape index (κ3) is 24.1. The first-order chi connectivity index (χ1) is 25.4. The first kappa shape index (κ1) is 49.8. The highest BCUT2D eigenvalue weighted by Gasteiger charge is 2.48. The molecule has 0 aromatic rings. The number of aliphatic hydroxyl groups is 5. The lowest BCUT2D eigenvalue weighted by molar-refractivity contribution is -0.298. The van der Waals surface area contributed by atoms with Gasteiger partial charge in [0.25, 0.3) is 0 Å². The maximum absolute atomic E-state index is 13.0. The first-order valence-electron chi connectivity index (χ1n) is 20.7. The number of unbranched alkanes of at least 4 members (excludes halogenated alkanes) is 19. The van der Waals surface area contributed by atoms with Gasteiger partial charge in [0.2, 0.25) is 5.91 Å². The Hall–Kier alpha value is -1.20. The van der Waals surface area contributed by atoms with Crippen LogP contribution in [0.15, 0.2) is 12.2 Å². The number of amides is 1. The zero-order valence-corrected chi connectivity index (χ0v) is 33.5. The van der Waals surface area contributed by atoms with E-state index in [2.05, 4.69) is 35.5 Å². The maximum Gasteiger partial charge on any atom is 0.397 e. The fraction of sp³-hybridized carbons (Fsp3) is 0.923. The molecule has 14 heteroatoms. The molecule has 0 aromatic carbocycles. The highest BCUT2D eigenvalue weighted by molar-refractivity contribution is 7.80. The smallest absolute Gasteiger partial charge is 0.394 e. The number of carbonyl (C=O) groups is 1. The molecule has 1 rings (SSSR count). The normalized spacial score (nSPS) is 22.6.